The van der Waals surface area contributed by atoms with Crippen LogP contribution < -0.4 is 5.56 Å². The van der Waals surface area contributed by atoms with Crippen LogP contribution in [-0.4, -0.2) is 64.2 Å². The molecule has 1 aliphatic rings. The van der Waals surface area contributed by atoms with Crippen molar-refractivity contribution in [3.05, 3.63) is 46.2 Å². The topological polar surface area (TPSA) is 65.8 Å². The van der Waals surface area contributed by atoms with Crippen LogP contribution in [0.4, 0.5) is 0 Å². The predicted octanol–water partition coefficient (Wildman–Crippen LogP) is 0.677. The van der Waals surface area contributed by atoms with E-state index in [1.807, 2.05) is 24.3 Å². The highest BCUT2D eigenvalue weighted by molar-refractivity contribution is 6.06. The first-order valence-corrected chi connectivity index (χ1v) is 8.26. The van der Waals surface area contributed by atoms with Gasteiger partial charge in [-0.15, -0.1) is 0 Å². The third-order valence-electron chi connectivity index (χ3n) is 4.57. The van der Waals surface area contributed by atoms with Crippen LogP contribution in [0.2, 0.25) is 0 Å². The first-order valence-electron chi connectivity index (χ1n) is 8.26. The normalized spacial score (nSPS) is 17.2. The van der Waals surface area contributed by atoms with E-state index in [0.29, 0.717) is 25.2 Å². The standard InChI is InChI=1S/C18H23N3O3/c1-13(22)12-20-7-9-21(10-8-20)18(24)15-11-17(23)19(2)16-6-4-3-5-14(15)16/h3-6,11,13,22H,7-10,12H2,1-2H3. The number of piperazine rings is 1. The van der Waals surface area contributed by atoms with Gasteiger partial charge in [-0.2, -0.15) is 0 Å². The van der Waals surface area contributed by atoms with Crippen LogP contribution >= 0.6 is 0 Å². The average Bonchev–Trinajstić information content (AvgIpc) is 2.58. The van der Waals surface area contributed by atoms with Gasteiger partial charge in [-0.3, -0.25) is 14.5 Å². The summed E-state index contributed by atoms with van der Waals surface area (Å²) in [4.78, 5) is 29.0. The Balaban J connectivity index is 1.85. The van der Waals surface area contributed by atoms with Crippen molar-refractivity contribution >= 4 is 16.8 Å². The van der Waals surface area contributed by atoms with E-state index in [-0.39, 0.29) is 17.6 Å². The van der Waals surface area contributed by atoms with Gasteiger partial charge in [0.2, 0.25) is 0 Å². The second-order valence-electron chi connectivity index (χ2n) is 6.41. The Morgan fingerprint density at radius 2 is 1.88 bits per heavy atom. The van der Waals surface area contributed by atoms with Gasteiger partial charge in [0.15, 0.2) is 0 Å². The molecule has 1 saturated heterocycles. The molecule has 6 nitrogen and oxygen atoms in total. The number of β-amino-alcohol motifs (C(OH)–C–C–N with tert-alkyl or cyclic N) is 1. The number of aliphatic hydroxyl groups is 1. The van der Waals surface area contributed by atoms with Gasteiger partial charge < -0.3 is 14.6 Å². The number of benzene rings is 1. The minimum atomic E-state index is -0.367. The lowest BCUT2D eigenvalue weighted by Crippen LogP contribution is -2.50. The molecule has 0 bridgehead atoms. The molecule has 1 aliphatic heterocycles. The third-order valence-corrected chi connectivity index (χ3v) is 4.57. The zero-order chi connectivity index (χ0) is 17.3. The lowest BCUT2D eigenvalue weighted by Gasteiger charge is -2.35. The average molecular weight is 329 g/mol. The van der Waals surface area contributed by atoms with Gasteiger partial charge in [0.25, 0.3) is 11.5 Å². The number of para-hydroxylation sites is 1. The van der Waals surface area contributed by atoms with Crippen LogP contribution in [0.1, 0.15) is 17.3 Å². The summed E-state index contributed by atoms with van der Waals surface area (Å²) >= 11 is 0. The predicted molar refractivity (Wildman–Crippen MR) is 93.2 cm³/mol. The third kappa shape index (κ3) is 3.20. The first kappa shape index (κ1) is 16.7. The van der Waals surface area contributed by atoms with E-state index in [9.17, 15) is 14.7 Å². The fourth-order valence-electron chi connectivity index (χ4n) is 3.27. The molecule has 2 aromatic rings. The highest BCUT2D eigenvalue weighted by Gasteiger charge is 2.24. The zero-order valence-electron chi connectivity index (χ0n) is 14.1. The number of hydrogen-bond acceptors (Lipinski definition) is 4. The molecule has 1 amide bonds. The molecule has 1 fully saturated rings. The maximum atomic E-state index is 12.9. The number of hydrogen-bond donors (Lipinski definition) is 1. The summed E-state index contributed by atoms with van der Waals surface area (Å²) in [5.41, 5.74) is 1.06. The zero-order valence-corrected chi connectivity index (χ0v) is 14.1. The summed E-state index contributed by atoms with van der Waals surface area (Å²) < 4.78 is 1.56. The SMILES string of the molecule is CC(O)CN1CCN(C(=O)c2cc(=O)n(C)c3ccccc23)CC1. The van der Waals surface area contributed by atoms with E-state index in [2.05, 4.69) is 4.90 Å². The van der Waals surface area contributed by atoms with Crippen molar-refractivity contribution < 1.29 is 9.90 Å². The van der Waals surface area contributed by atoms with Crippen molar-refractivity contribution in [2.24, 2.45) is 7.05 Å². The second-order valence-corrected chi connectivity index (χ2v) is 6.41. The second kappa shape index (κ2) is 6.75. The summed E-state index contributed by atoms with van der Waals surface area (Å²) in [5.74, 6) is -0.0967. The number of pyridine rings is 1. The molecule has 0 radical (unpaired) electrons. The number of aromatic nitrogens is 1. The number of fused-ring (bicyclic) bond motifs is 1. The Bertz CT molecular complexity index is 805. The molecule has 1 atom stereocenters. The number of amides is 1. The lowest BCUT2D eigenvalue weighted by atomic mass is 10.1. The fraction of sp³-hybridized carbons (Fsp3) is 0.444. The summed E-state index contributed by atoms with van der Waals surface area (Å²) in [7, 11) is 1.72. The van der Waals surface area contributed by atoms with Gasteiger partial charge in [0, 0.05) is 51.2 Å². The van der Waals surface area contributed by atoms with E-state index >= 15 is 0 Å². The Hall–Kier alpha value is -2.18. The first-order chi connectivity index (χ1) is 11.5. The minimum Gasteiger partial charge on any atom is -0.392 e. The molecule has 1 N–H and O–H groups in total. The Morgan fingerprint density at radius 1 is 1.21 bits per heavy atom. The Morgan fingerprint density at radius 3 is 2.54 bits per heavy atom. The van der Waals surface area contributed by atoms with Gasteiger partial charge in [0.1, 0.15) is 0 Å². The Labute approximate surface area is 140 Å². The molecule has 24 heavy (non-hydrogen) atoms. The number of aliphatic hydroxyl groups excluding tert-OH is 1. The molecule has 1 aromatic heterocycles. The van der Waals surface area contributed by atoms with Crippen molar-refractivity contribution in [3.8, 4) is 0 Å². The van der Waals surface area contributed by atoms with Crippen LogP contribution in [0.25, 0.3) is 10.9 Å². The van der Waals surface area contributed by atoms with Crippen LogP contribution in [-0.2, 0) is 7.05 Å². The summed E-state index contributed by atoms with van der Waals surface area (Å²) in [6.07, 6.45) is -0.367. The van der Waals surface area contributed by atoms with E-state index in [1.54, 1.807) is 23.4 Å². The van der Waals surface area contributed by atoms with Crippen molar-refractivity contribution in [2.45, 2.75) is 13.0 Å². The number of carbonyl (C=O) groups excluding carboxylic acids is 1. The minimum absolute atomic E-state index is 0.0967. The number of aryl methyl sites for hydroxylation is 1. The van der Waals surface area contributed by atoms with E-state index in [1.165, 1.54) is 6.07 Å². The molecule has 128 valence electrons. The maximum absolute atomic E-state index is 12.9. The van der Waals surface area contributed by atoms with Crippen LogP contribution in [0, 0.1) is 0 Å². The molecular weight excluding hydrogens is 306 g/mol. The van der Waals surface area contributed by atoms with Gasteiger partial charge in [0.05, 0.1) is 17.2 Å². The summed E-state index contributed by atoms with van der Waals surface area (Å²) in [5, 5.41) is 10.3. The summed E-state index contributed by atoms with van der Waals surface area (Å²) in [6.45, 7) is 5.07. The molecule has 6 heteroatoms. The molecule has 0 aliphatic carbocycles. The highest BCUT2D eigenvalue weighted by Crippen LogP contribution is 2.18. The maximum Gasteiger partial charge on any atom is 0.254 e. The van der Waals surface area contributed by atoms with Crippen LogP contribution in [0.15, 0.2) is 35.1 Å². The van der Waals surface area contributed by atoms with E-state index < -0.39 is 0 Å². The van der Waals surface area contributed by atoms with Gasteiger partial charge in [-0.25, -0.2) is 0 Å². The molecule has 1 unspecified atom stereocenters. The molecule has 3 rings (SSSR count). The highest BCUT2D eigenvalue weighted by atomic mass is 16.3. The lowest BCUT2D eigenvalue weighted by molar-refractivity contribution is 0.0555. The Kier molecular flexibility index (Phi) is 4.69. The van der Waals surface area contributed by atoms with Crippen molar-refractivity contribution in [1.29, 1.82) is 0 Å². The quantitative estimate of drug-likeness (QED) is 0.899. The molecule has 0 spiro atoms. The van der Waals surface area contributed by atoms with E-state index in [0.717, 1.165) is 24.0 Å². The number of nitrogens with zero attached hydrogens (tertiary/aromatic N) is 3. The molecule has 0 saturated carbocycles. The van der Waals surface area contributed by atoms with Crippen molar-refractivity contribution in [2.75, 3.05) is 32.7 Å². The molecule has 2 heterocycles. The largest absolute Gasteiger partial charge is 0.392 e. The molecular formula is C18H23N3O3. The van der Waals surface area contributed by atoms with Crippen molar-refractivity contribution in [3.63, 3.8) is 0 Å². The fourth-order valence-corrected chi connectivity index (χ4v) is 3.27. The van der Waals surface area contributed by atoms with Gasteiger partial charge >= 0.3 is 0 Å². The monoisotopic (exact) mass is 329 g/mol. The smallest absolute Gasteiger partial charge is 0.254 e. The van der Waals surface area contributed by atoms with Gasteiger partial charge in [-0.05, 0) is 13.0 Å². The van der Waals surface area contributed by atoms with E-state index in [4.69, 9.17) is 0 Å². The van der Waals surface area contributed by atoms with Crippen LogP contribution in [0.5, 0.6) is 0 Å². The summed E-state index contributed by atoms with van der Waals surface area (Å²) in [6, 6.07) is 8.92. The van der Waals surface area contributed by atoms with Gasteiger partial charge in [-0.1, -0.05) is 18.2 Å². The number of rotatable bonds is 3. The molecule has 1 aromatic carbocycles. The van der Waals surface area contributed by atoms with Crippen molar-refractivity contribution in [1.82, 2.24) is 14.4 Å². The number of carbonyl (C=O) groups is 1. The van der Waals surface area contributed by atoms with Crippen LogP contribution in [0.3, 0.4) is 0 Å².